The van der Waals surface area contributed by atoms with Crippen LogP contribution >= 0.6 is 11.8 Å². The van der Waals surface area contributed by atoms with Crippen molar-refractivity contribution in [2.24, 2.45) is 0 Å². The van der Waals surface area contributed by atoms with Crippen LogP contribution in [-0.2, 0) is 11.3 Å². The van der Waals surface area contributed by atoms with E-state index in [0.29, 0.717) is 30.3 Å². The number of thioether (sulfide) groups is 1. The van der Waals surface area contributed by atoms with Crippen LogP contribution in [0.3, 0.4) is 0 Å². The number of furan rings is 1. The zero-order valence-electron chi connectivity index (χ0n) is 13.8. The molecule has 1 aliphatic carbocycles. The van der Waals surface area contributed by atoms with Gasteiger partial charge in [-0.1, -0.05) is 48.5 Å². The van der Waals surface area contributed by atoms with Crippen LogP contribution in [0.15, 0.2) is 58.3 Å². The largest absolute Gasteiger partial charge is 0.461 e. The van der Waals surface area contributed by atoms with Crippen LogP contribution in [0.4, 0.5) is 0 Å². The van der Waals surface area contributed by atoms with Crippen molar-refractivity contribution in [2.75, 3.05) is 0 Å². The predicted octanol–water partition coefficient (Wildman–Crippen LogP) is 4.19. The summed E-state index contributed by atoms with van der Waals surface area (Å²) in [6.07, 6.45) is 5.33. The lowest BCUT2D eigenvalue weighted by molar-refractivity contribution is -0.119. The Balaban J connectivity index is 1.67. The monoisotopic (exact) mass is 353 g/mol. The second kappa shape index (κ2) is 7.27. The summed E-state index contributed by atoms with van der Waals surface area (Å²) < 4.78 is 7.57. The van der Waals surface area contributed by atoms with Crippen LogP contribution in [0, 0.1) is 0 Å². The summed E-state index contributed by atoms with van der Waals surface area (Å²) in [6.45, 7) is 0.646. The molecule has 5 nitrogen and oxygen atoms in total. The van der Waals surface area contributed by atoms with Gasteiger partial charge in [0.25, 0.3) is 0 Å². The van der Waals surface area contributed by atoms with E-state index in [0.717, 1.165) is 30.0 Å². The number of carbonyl (C=O) groups is 1. The highest BCUT2D eigenvalue weighted by molar-refractivity contribution is 8.00. The van der Waals surface area contributed by atoms with Crippen molar-refractivity contribution in [3.05, 3.63) is 54.3 Å². The molecule has 0 bridgehead atoms. The minimum atomic E-state index is -0.0167. The van der Waals surface area contributed by atoms with Crippen molar-refractivity contribution in [2.45, 2.75) is 42.6 Å². The molecular weight excluding hydrogens is 334 g/mol. The quantitative estimate of drug-likeness (QED) is 0.688. The van der Waals surface area contributed by atoms with Gasteiger partial charge in [0.05, 0.1) is 18.1 Å². The molecular formula is C19H19N3O2S. The minimum Gasteiger partial charge on any atom is -0.461 e. The van der Waals surface area contributed by atoms with E-state index in [1.54, 1.807) is 6.26 Å². The molecule has 0 saturated heterocycles. The van der Waals surface area contributed by atoms with Gasteiger partial charge < -0.3 is 4.42 Å². The summed E-state index contributed by atoms with van der Waals surface area (Å²) in [5, 5.41) is 9.45. The third-order valence-electron chi connectivity index (χ3n) is 4.39. The van der Waals surface area contributed by atoms with E-state index in [-0.39, 0.29) is 5.25 Å². The SMILES string of the molecule is O=C1CCCC[C@H]1Sc1nnc(-c2ccco2)n1Cc1ccccc1. The summed E-state index contributed by atoms with van der Waals surface area (Å²) in [5.41, 5.74) is 1.16. The maximum Gasteiger partial charge on any atom is 0.200 e. The lowest BCUT2D eigenvalue weighted by Crippen LogP contribution is -2.22. The Morgan fingerprint density at radius 3 is 2.76 bits per heavy atom. The summed E-state index contributed by atoms with van der Waals surface area (Å²) in [5.74, 6) is 1.70. The van der Waals surface area contributed by atoms with Gasteiger partial charge >= 0.3 is 0 Å². The molecule has 0 aliphatic heterocycles. The molecule has 1 aliphatic rings. The van der Waals surface area contributed by atoms with Gasteiger partial charge in [-0.15, -0.1) is 10.2 Å². The first-order valence-corrected chi connectivity index (χ1v) is 9.39. The molecule has 0 unspecified atom stereocenters. The first-order chi connectivity index (χ1) is 12.3. The highest BCUT2D eigenvalue weighted by Gasteiger charge is 2.26. The van der Waals surface area contributed by atoms with Crippen LogP contribution in [0.1, 0.15) is 31.2 Å². The molecule has 0 N–H and O–H groups in total. The van der Waals surface area contributed by atoms with Crippen LogP contribution in [-0.4, -0.2) is 25.8 Å². The van der Waals surface area contributed by atoms with E-state index in [1.165, 1.54) is 11.8 Å². The maximum absolute atomic E-state index is 12.2. The molecule has 1 fully saturated rings. The Morgan fingerprint density at radius 1 is 1.12 bits per heavy atom. The third-order valence-corrected chi connectivity index (χ3v) is 5.68. The topological polar surface area (TPSA) is 60.9 Å². The number of rotatable bonds is 5. The molecule has 2 heterocycles. The van der Waals surface area contributed by atoms with Crippen molar-refractivity contribution in [3.8, 4) is 11.6 Å². The van der Waals surface area contributed by atoms with Gasteiger partial charge in [-0.05, 0) is 30.5 Å². The number of hydrogen-bond acceptors (Lipinski definition) is 5. The van der Waals surface area contributed by atoms with Crippen molar-refractivity contribution < 1.29 is 9.21 Å². The fraction of sp³-hybridized carbons (Fsp3) is 0.316. The molecule has 3 aromatic rings. The van der Waals surface area contributed by atoms with E-state index < -0.39 is 0 Å². The lowest BCUT2D eigenvalue weighted by atomic mass is 9.99. The van der Waals surface area contributed by atoms with Gasteiger partial charge in [0.1, 0.15) is 5.78 Å². The average Bonchev–Trinajstić information content (AvgIpc) is 3.28. The van der Waals surface area contributed by atoms with Crippen LogP contribution < -0.4 is 0 Å². The lowest BCUT2D eigenvalue weighted by Gasteiger charge is -2.19. The molecule has 0 amide bonds. The Morgan fingerprint density at radius 2 is 2.00 bits per heavy atom. The van der Waals surface area contributed by atoms with Crippen molar-refractivity contribution >= 4 is 17.5 Å². The summed E-state index contributed by atoms with van der Waals surface area (Å²) in [7, 11) is 0. The molecule has 0 radical (unpaired) electrons. The van der Waals surface area contributed by atoms with E-state index in [4.69, 9.17) is 4.42 Å². The van der Waals surface area contributed by atoms with E-state index in [1.807, 2.05) is 34.9 Å². The zero-order valence-corrected chi connectivity index (χ0v) is 14.6. The van der Waals surface area contributed by atoms with Crippen molar-refractivity contribution in [1.29, 1.82) is 0 Å². The van der Waals surface area contributed by atoms with E-state index in [2.05, 4.69) is 22.3 Å². The second-order valence-corrected chi connectivity index (χ2v) is 7.34. The molecule has 2 aromatic heterocycles. The summed E-state index contributed by atoms with van der Waals surface area (Å²) >= 11 is 1.53. The highest BCUT2D eigenvalue weighted by atomic mass is 32.2. The fourth-order valence-corrected chi connectivity index (χ4v) is 4.23. The molecule has 6 heteroatoms. The number of carbonyl (C=O) groups excluding carboxylic acids is 1. The maximum atomic E-state index is 12.2. The van der Waals surface area contributed by atoms with Crippen LogP contribution in [0.25, 0.3) is 11.6 Å². The van der Waals surface area contributed by atoms with E-state index in [9.17, 15) is 4.79 Å². The number of nitrogens with zero attached hydrogens (tertiary/aromatic N) is 3. The van der Waals surface area contributed by atoms with Gasteiger partial charge in [-0.25, -0.2) is 0 Å². The Kier molecular flexibility index (Phi) is 4.70. The second-order valence-electron chi connectivity index (χ2n) is 6.17. The fourth-order valence-electron chi connectivity index (χ4n) is 3.08. The Labute approximate surface area is 150 Å². The molecule has 0 spiro atoms. The Bertz CT molecular complexity index is 843. The molecule has 4 rings (SSSR count). The molecule has 1 saturated carbocycles. The minimum absolute atomic E-state index is 0.0167. The summed E-state index contributed by atoms with van der Waals surface area (Å²) in [6, 6.07) is 13.9. The smallest absolute Gasteiger partial charge is 0.200 e. The number of ketones is 1. The zero-order chi connectivity index (χ0) is 17.1. The van der Waals surface area contributed by atoms with Crippen LogP contribution in [0.5, 0.6) is 0 Å². The Hall–Kier alpha value is -2.34. The van der Waals surface area contributed by atoms with Crippen LogP contribution in [0.2, 0.25) is 0 Å². The van der Waals surface area contributed by atoms with Gasteiger partial charge in [0.2, 0.25) is 5.82 Å². The number of aromatic nitrogens is 3. The van der Waals surface area contributed by atoms with Gasteiger partial charge in [0.15, 0.2) is 10.9 Å². The standard InChI is InChI=1S/C19H19N3O2S/c23-15-9-4-5-11-17(15)25-19-21-20-18(16-10-6-12-24-16)22(19)13-14-7-2-1-3-8-14/h1-3,6-8,10,12,17H,4-5,9,11,13H2/t17-/m1/s1. The molecule has 128 valence electrons. The third kappa shape index (κ3) is 3.54. The number of benzene rings is 1. The highest BCUT2D eigenvalue weighted by Crippen LogP contribution is 2.33. The first kappa shape index (κ1) is 16.1. The number of Topliss-reactive ketones (excluding diaryl/α,β-unsaturated/α-hetero) is 1. The van der Waals surface area contributed by atoms with Crippen molar-refractivity contribution in [3.63, 3.8) is 0 Å². The molecule has 1 atom stereocenters. The number of hydrogen-bond donors (Lipinski definition) is 0. The molecule has 1 aromatic carbocycles. The predicted molar refractivity (Wildman–Crippen MR) is 96.4 cm³/mol. The van der Waals surface area contributed by atoms with Gasteiger partial charge in [0, 0.05) is 6.42 Å². The average molecular weight is 353 g/mol. The molecule has 25 heavy (non-hydrogen) atoms. The first-order valence-electron chi connectivity index (χ1n) is 8.51. The summed E-state index contributed by atoms with van der Waals surface area (Å²) in [4.78, 5) is 12.2. The normalized spacial score (nSPS) is 17.8. The van der Waals surface area contributed by atoms with Crippen molar-refractivity contribution in [1.82, 2.24) is 14.8 Å². The van der Waals surface area contributed by atoms with Gasteiger partial charge in [-0.2, -0.15) is 0 Å². The van der Waals surface area contributed by atoms with E-state index >= 15 is 0 Å². The van der Waals surface area contributed by atoms with Gasteiger partial charge in [-0.3, -0.25) is 9.36 Å².